The molecule has 2 amide bonds. The van der Waals surface area contributed by atoms with Crippen LogP contribution in [0.4, 0.5) is 0 Å². The minimum Gasteiger partial charge on any atom is -0.355 e. The highest BCUT2D eigenvalue weighted by Gasteiger charge is 2.20. The van der Waals surface area contributed by atoms with Crippen molar-refractivity contribution in [3.05, 3.63) is 35.9 Å². The number of carbonyl (C=O) groups is 2. The molecule has 0 saturated carbocycles. The average molecular weight is 340 g/mol. The lowest BCUT2D eigenvalue weighted by atomic mass is 9.98. The Morgan fingerprint density at radius 3 is 2.39 bits per heavy atom. The number of benzene rings is 1. The van der Waals surface area contributed by atoms with Gasteiger partial charge in [0.1, 0.15) is 0 Å². The SMILES string of the molecule is Cl.NCC(C(=O)NCCC(=O)N1CCCCC1)c1ccccc1. The van der Waals surface area contributed by atoms with E-state index in [0.717, 1.165) is 31.5 Å². The number of rotatable bonds is 6. The van der Waals surface area contributed by atoms with E-state index in [-0.39, 0.29) is 36.7 Å². The molecule has 1 atom stereocenters. The van der Waals surface area contributed by atoms with E-state index < -0.39 is 0 Å². The molecule has 0 aromatic heterocycles. The molecule has 5 nitrogen and oxygen atoms in total. The predicted molar refractivity (Wildman–Crippen MR) is 93.5 cm³/mol. The Morgan fingerprint density at radius 2 is 1.78 bits per heavy atom. The third-order valence-corrected chi connectivity index (χ3v) is 4.10. The number of amides is 2. The summed E-state index contributed by atoms with van der Waals surface area (Å²) in [6, 6.07) is 9.49. The van der Waals surface area contributed by atoms with Gasteiger partial charge in [0.2, 0.25) is 11.8 Å². The standard InChI is InChI=1S/C17H25N3O2.ClH/c18-13-15(14-7-3-1-4-8-14)17(22)19-10-9-16(21)20-11-5-2-6-12-20;/h1,3-4,7-8,15H,2,5-6,9-13,18H2,(H,19,22);1H. The zero-order valence-corrected chi connectivity index (χ0v) is 14.2. The van der Waals surface area contributed by atoms with Crippen LogP contribution in [0.5, 0.6) is 0 Å². The van der Waals surface area contributed by atoms with Crippen LogP contribution in [0.1, 0.15) is 37.2 Å². The zero-order chi connectivity index (χ0) is 15.8. The van der Waals surface area contributed by atoms with Crippen molar-refractivity contribution >= 4 is 24.2 Å². The molecule has 1 aliphatic rings. The van der Waals surface area contributed by atoms with Gasteiger partial charge in [-0.2, -0.15) is 0 Å². The van der Waals surface area contributed by atoms with Crippen LogP contribution in [0, 0.1) is 0 Å². The third kappa shape index (κ3) is 5.84. The highest BCUT2D eigenvalue weighted by atomic mass is 35.5. The molecular weight excluding hydrogens is 314 g/mol. The molecule has 1 aliphatic heterocycles. The van der Waals surface area contributed by atoms with Crippen LogP contribution in [0.2, 0.25) is 0 Å². The highest BCUT2D eigenvalue weighted by Crippen LogP contribution is 2.14. The lowest BCUT2D eigenvalue weighted by Crippen LogP contribution is -2.39. The van der Waals surface area contributed by atoms with Crippen LogP contribution in [0.15, 0.2) is 30.3 Å². The minimum absolute atomic E-state index is 0. The highest BCUT2D eigenvalue weighted by molar-refractivity contribution is 5.85. The molecule has 1 saturated heterocycles. The van der Waals surface area contributed by atoms with Gasteiger partial charge in [-0.25, -0.2) is 0 Å². The summed E-state index contributed by atoms with van der Waals surface area (Å²) in [5, 5.41) is 2.84. The summed E-state index contributed by atoms with van der Waals surface area (Å²) in [7, 11) is 0. The van der Waals surface area contributed by atoms with Gasteiger partial charge in [0.15, 0.2) is 0 Å². The second kappa shape index (κ2) is 10.2. The van der Waals surface area contributed by atoms with E-state index in [0.29, 0.717) is 13.0 Å². The smallest absolute Gasteiger partial charge is 0.228 e. The van der Waals surface area contributed by atoms with Crippen molar-refractivity contribution in [2.75, 3.05) is 26.2 Å². The normalized spacial score (nSPS) is 15.4. The van der Waals surface area contributed by atoms with Crippen LogP contribution in [-0.2, 0) is 9.59 Å². The number of hydrogen-bond acceptors (Lipinski definition) is 3. The summed E-state index contributed by atoms with van der Waals surface area (Å²) in [5.74, 6) is -0.338. The number of nitrogens with zero attached hydrogens (tertiary/aromatic N) is 1. The van der Waals surface area contributed by atoms with E-state index >= 15 is 0 Å². The number of piperidine rings is 1. The Kier molecular flexibility index (Phi) is 8.66. The van der Waals surface area contributed by atoms with E-state index in [4.69, 9.17) is 5.73 Å². The van der Waals surface area contributed by atoms with Crippen LogP contribution < -0.4 is 11.1 Å². The first kappa shape index (κ1) is 19.5. The average Bonchev–Trinajstić information content (AvgIpc) is 2.57. The lowest BCUT2D eigenvalue weighted by molar-refractivity contribution is -0.132. The maximum absolute atomic E-state index is 12.2. The van der Waals surface area contributed by atoms with Gasteiger partial charge in [0.05, 0.1) is 5.92 Å². The molecule has 1 heterocycles. The number of likely N-dealkylation sites (tertiary alicyclic amines) is 1. The van der Waals surface area contributed by atoms with Gasteiger partial charge >= 0.3 is 0 Å². The summed E-state index contributed by atoms with van der Waals surface area (Å²) in [5.41, 5.74) is 6.63. The second-order valence-corrected chi connectivity index (χ2v) is 5.68. The van der Waals surface area contributed by atoms with E-state index in [2.05, 4.69) is 5.32 Å². The van der Waals surface area contributed by atoms with Gasteiger partial charge in [-0.05, 0) is 24.8 Å². The molecule has 6 heteroatoms. The molecule has 0 radical (unpaired) electrons. The molecule has 0 spiro atoms. The molecule has 1 aromatic rings. The maximum atomic E-state index is 12.2. The van der Waals surface area contributed by atoms with E-state index in [1.807, 2.05) is 35.2 Å². The maximum Gasteiger partial charge on any atom is 0.228 e. The molecule has 23 heavy (non-hydrogen) atoms. The fourth-order valence-electron chi connectivity index (χ4n) is 2.80. The first-order chi connectivity index (χ1) is 10.7. The van der Waals surface area contributed by atoms with Crippen molar-refractivity contribution in [2.45, 2.75) is 31.6 Å². The van der Waals surface area contributed by atoms with Crippen molar-refractivity contribution in [2.24, 2.45) is 5.73 Å². The fraction of sp³-hybridized carbons (Fsp3) is 0.529. The molecule has 1 unspecified atom stereocenters. The topological polar surface area (TPSA) is 75.4 Å². The van der Waals surface area contributed by atoms with E-state index in [1.54, 1.807) is 0 Å². The number of nitrogens with one attached hydrogen (secondary N) is 1. The minimum atomic E-state index is -0.355. The van der Waals surface area contributed by atoms with Crippen LogP contribution in [0.3, 0.4) is 0 Å². The Balaban J connectivity index is 0.00000264. The predicted octanol–water partition coefficient (Wildman–Crippen LogP) is 1.67. The molecular formula is C17H26ClN3O2. The molecule has 3 N–H and O–H groups in total. The summed E-state index contributed by atoms with van der Waals surface area (Å²) < 4.78 is 0. The number of carbonyl (C=O) groups excluding carboxylic acids is 2. The van der Waals surface area contributed by atoms with Crippen molar-refractivity contribution in [1.29, 1.82) is 0 Å². The van der Waals surface area contributed by atoms with Crippen LogP contribution in [-0.4, -0.2) is 42.9 Å². The van der Waals surface area contributed by atoms with Gasteiger partial charge in [0, 0.05) is 32.6 Å². The van der Waals surface area contributed by atoms with Gasteiger partial charge in [-0.1, -0.05) is 30.3 Å². The molecule has 0 bridgehead atoms. The van der Waals surface area contributed by atoms with Gasteiger partial charge in [0.25, 0.3) is 0 Å². The van der Waals surface area contributed by atoms with Gasteiger partial charge in [-0.3, -0.25) is 9.59 Å². The fourth-order valence-corrected chi connectivity index (χ4v) is 2.80. The van der Waals surface area contributed by atoms with Gasteiger partial charge < -0.3 is 16.0 Å². The Bertz CT molecular complexity index is 490. The van der Waals surface area contributed by atoms with E-state index in [9.17, 15) is 9.59 Å². The summed E-state index contributed by atoms with van der Waals surface area (Å²) >= 11 is 0. The third-order valence-electron chi connectivity index (χ3n) is 4.10. The quantitative estimate of drug-likeness (QED) is 0.827. The lowest BCUT2D eigenvalue weighted by Gasteiger charge is -2.26. The summed E-state index contributed by atoms with van der Waals surface area (Å²) in [4.78, 5) is 26.2. The zero-order valence-electron chi connectivity index (χ0n) is 13.4. The largest absolute Gasteiger partial charge is 0.355 e. The first-order valence-electron chi connectivity index (χ1n) is 8.03. The molecule has 1 aromatic carbocycles. The monoisotopic (exact) mass is 339 g/mol. The van der Waals surface area contributed by atoms with Crippen LogP contribution in [0.25, 0.3) is 0 Å². The van der Waals surface area contributed by atoms with E-state index in [1.165, 1.54) is 6.42 Å². The molecule has 2 rings (SSSR count). The van der Waals surface area contributed by atoms with Crippen molar-refractivity contribution < 1.29 is 9.59 Å². The summed E-state index contributed by atoms with van der Waals surface area (Å²) in [6.45, 7) is 2.33. The van der Waals surface area contributed by atoms with Crippen molar-refractivity contribution in [3.63, 3.8) is 0 Å². The van der Waals surface area contributed by atoms with Crippen LogP contribution >= 0.6 is 12.4 Å². The van der Waals surface area contributed by atoms with Gasteiger partial charge in [-0.15, -0.1) is 12.4 Å². The Morgan fingerprint density at radius 1 is 1.13 bits per heavy atom. The number of nitrogens with two attached hydrogens (primary N) is 1. The number of hydrogen-bond donors (Lipinski definition) is 2. The Hall–Kier alpha value is -1.59. The Labute approximate surface area is 144 Å². The molecule has 128 valence electrons. The number of halogens is 1. The first-order valence-corrected chi connectivity index (χ1v) is 8.03. The molecule has 0 aliphatic carbocycles. The van der Waals surface area contributed by atoms with Crippen molar-refractivity contribution in [1.82, 2.24) is 10.2 Å². The second-order valence-electron chi connectivity index (χ2n) is 5.68. The molecule has 1 fully saturated rings. The summed E-state index contributed by atoms with van der Waals surface area (Å²) in [6.07, 6.45) is 3.73. The van der Waals surface area contributed by atoms with Crippen molar-refractivity contribution in [3.8, 4) is 0 Å².